The number of halogens is 3. The Morgan fingerprint density at radius 2 is 1.89 bits per heavy atom. The number of carbonyl (C=O) groups is 1. The highest BCUT2D eigenvalue weighted by Gasteiger charge is 2.42. The minimum Gasteiger partial charge on any atom is -0.282 e. The molecule has 0 radical (unpaired) electrons. The van der Waals surface area contributed by atoms with Gasteiger partial charge in [-0.25, -0.2) is 26.6 Å². The minimum atomic E-state index is -4.09. The van der Waals surface area contributed by atoms with Gasteiger partial charge < -0.3 is 0 Å². The summed E-state index contributed by atoms with van der Waals surface area (Å²) in [6.45, 7) is 0.105. The van der Waals surface area contributed by atoms with E-state index in [0.717, 1.165) is 46.0 Å². The van der Waals surface area contributed by atoms with Gasteiger partial charge in [0.25, 0.3) is 0 Å². The molecule has 1 unspecified atom stereocenters. The zero-order chi connectivity index (χ0) is 25.4. The van der Waals surface area contributed by atoms with Gasteiger partial charge in [-0.15, -0.1) is 0 Å². The first-order valence-corrected chi connectivity index (χ1v) is 13.2. The fourth-order valence-corrected chi connectivity index (χ4v) is 6.83. The highest BCUT2D eigenvalue weighted by atomic mass is 32.2. The summed E-state index contributed by atoms with van der Waals surface area (Å²) in [6.07, 6.45) is 3.82. The van der Waals surface area contributed by atoms with Crippen molar-refractivity contribution in [3.05, 3.63) is 83.9 Å². The molecule has 1 aliphatic heterocycles. The molecular weight excluding hydrogens is 513 g/mol. The molecule has 186 valence electrons. The zero-order valence-electron chi connectivity index (χ0n) is 18.6. The first-order chi connectivity index (χ1) is 17.2. The summed E-state index contributed by atoms with van der Waals surface area (Å²) in [5, 5.41) is 0.106. The van der Waals surface area contributed by atoms with Crippen molar-refractivity contribution in [3.8, 4) is 0 Å². The third-order valence-corrected chi connectivity index (χ3v) is 8.82. The topological polar surface area (TPSA) is 83.5 Å². The third kappa shape index (κ3) is 4.59. The Morgan fingerprint density at radius 3 is 2.61 bits per heavy atom. The van der Waals surface area contributed by atoms with E-state index in [2.05, 4.69) is 9.97 Å². The van der Waals surface area contributed by atoms with Gasteiger partial charge in [0.2, 0.25) is 15.9 Å². The largest absolute Gasteiger partial charge is 0.282 e. The number of rotatable bonds is 6. The van der Waals surface area contributed by atoms with Crippen molar-refractivity contribution in [1.29, 1.82) is 0 Å². The summed E-state index contributed by atoms with van der Waals surface area (Å²) >= 11 is 0.931. The molecule has 1 atom stereocenters. The van der Waals surface area contributed by atoms with E-state index in [-0.39, 0.29) is 39.8 Å². The van der Waals surface area contributed by atoms with E-state index in [1.165, 1.54) is 4.90 Å². The van der Waals surface area contributed by atoms with Gasteiger partial charge in [0.1, 0.15) is 23.2 Å². The molecule has 0 saturated carbocycles. The van der Waals surface area contributed by atoms with Crippen LogP contribution in [-0.2, 0) is 21.4 Å². The Hall–Kier alpha value is -3.35. The summed E-state index contributed by atoms with van der Waals surface area (Å²) in [5.74, 6) is -2.76. The van der Waals surface area contributed by atoms with E-state index in [4.69, 9.17) is 0 Å². The molecule has 5 rings (SSSR count). The summed E-state index contributed by atoms with van der Waals surface area (Å²) in [5.41, 5.74) is 0.560. The SMILES string of the molecule is O=C(C1CCCN1S(=O)(=O)c1ccc(F)cc1)N(Cc1cccnc1)c1nc2c(F)cc(F)cc2s1. The van der Waals surface area contributed by atoms with Gasteiger partial charge in [0, 0.05) is 25.0 Å². The lowest BCUT2D eigenvalue weighted by Gasteiger charge is -2.28. The zero-order valence-corrected chi connectivity index (χ0v) is 20.3. The molecule has 0 aliphatic carbocycles. The number of hydrogen-bond acceptors (Lipinski definition) is 6. The van der Waals surface area contributed by atoms with Crippen molar-refractivity contribution in [2.45, 2.75) is 30.3 Å². The van der Waals surface area contributed by atoms with Gasteiger partial charge in [-0.2, -0.15) is 4.31 Å². The molecule has 0 spiro atoms. The predicted octanol–water partition coefficient (Wildman–Crippen LogP) is 4.50. The van der Waals surface area contributed by atoms with Crippen LogP contribution in [0.25, 0.3) is 10.2 Å². The van der Waals surface area contributed by atoms with Crippen LogP contribution >= 0.6 is 11.3 Å². The summed E-state index contributed by atoms with van der Waals surface area (Å²) < 4.78 is 69.5. The molecule has 2 aromatic heterocycles. The Kier molecular flexibility index (Phi) is 6.49. The number of thiazole rings is 1. The normalized spacial score (nSPS) is 16.5. The Bertz CT molecular complexity index is 1530. The van der Waals surface area contributed by atoms with Crippen molar-refractivity contribution < 1.29 is 26.4 Å². The molecule has 1 aliphatic rings. The maximum absolute atomic E-state index is 14.4. The van der Waals surface area contributed by atoms with E-state index in [1.807, 2.05) is 0 Å². The van der Waals surface area contributed by atoms with Gasteiger partial charge in [-0.1, -0.05) is 17.4 Å². The number of fused-ring (bicyclic) bond motifs is 1. The third-order valence-electron chi connectivity index (χ3n) is 5.87. The summed E-state index contributed by atoms with van der Waals surface area (Å²) in [4.78, 5) is 23.3. The predicted molar refractivity (Wildman–Crippen MR) is 128 cm³/mol. The number of nitrogens with zero attached hydrogens (tertiary/aromatic N) is 4. The minimum absolute atomic E-state index is 0.00245. The van der Waals surface area contributed by atoms with Gasteiger partial charge in [0.05, 0.1) is 16.1 Å². The maximum atomic E-state index is 14.4. The molecule has 3 heterocycles. The number of carbonyl (C=O) groups excluding carboxylic acids is 1. The number of benzene rings is 2. The van der Waals surface area contributed by atoms with E-state index < -0.39 is 39.4 Å². The molecule has 7 nitrogen and oxygen atoms in total. The summed E-state index contributed by atoms with van der Waals surface area (Å²) in [6, 6.07) is 8.62. The van der Waals surface area contributed by atoms with Crippen LogP contribution < -0.4 is 4.90 Å². The smallest absolute Gasteiger partial charge is 0.247 e. The Morgan fingerprint density at radius 1 is 1.11 bits per heavy atom. The van der Waals surface area contributed by atoms with Crippen LogP contribution in [0.4, 0.5) is 18.3 Å². The van der Waals surface area contributed by atoms with Gasteiger partial charge in [0.15, 0.2) is 10.9 Å². The second kappa shape index (κ2) is 9.60. The molecule has 2 aromatic carbocycles. The standard InChI is InChI=1S/C24H19F3N4O3S2/c25-16-5-7-18(8-6-16)36(33,34)31-10-2-4-20(31)23(32)30(14-15-3-1-9-28-13-15)24-29-22-19(27)11-17(26)12-21(22)35-24/h1,3,5-9,11-13,20H,2,4,10,14H2. The molecule has 36 heavy (non-hydrogen) atoms. The van der Waals surface area contributed by atoms with Crippen molar-refractivity contribution in [1.82, 2.24) is 14.3 Å². The molecule has 12 heteroatoms. The second-order valence-corrected chi connectivity index (χ2v) is 11.1. The fourth-order valence-electron chi connectivity index (χ4n) is 4.17. The maximum Gasteiger partial charge on any atom is 0.247 e. The number of amides is 1. The average Bonchev–Trinajstić information content (AvgIpc) is 3.51. The second-order valence-electron chi connectivity index (χ2n) is 8.24. The lowest BCUT2D eigenvalue weighted by Crippen LogP contribution is -2.47. The highest BCUT2D eigenvalue weighted by Crippen LogP contribution is 2.34. The first-order valence-electron chi connectivity index (χ1n) is 11.0. The van der Waals surface area contributed by atoms with Crippen LogP contribution in [0.15, 0.2) is 65.8 Å². The van der Waals surface area contributed by atoms with Crippen LogP contribution in [0, 0.1) is 17.5 Å². The van der Waals surface area contributed by atoms with E-state index >= 15 is 0 Å². The molecule has 0 bridgehead atoms. The van der Waals surface area contributed by atoms with Gasteiger partial charge in [-0.05, 0) is 54.8 Å². The van der Waals surface area contributed by atoms with Crippen molar-refractivity contribution in [2.75, 3.05) is 11.4 Å². The van der Waals surface area contributed by atoms with Crippen LogP contribution in [0.3, 0.4) is 0 Å². The molecule has 1 fully saturated rings. The molecule has 0 N–H and O–H groups in total. The number of aromatic nitrogens is 2. The molecule has 1 amide bonds. The van der Waals surface area contributed by atoms with E-state index in [1.54, 1.807) is 24.5 Å². The lowest BCUT2D eigenvalue weighted by molar-refractivity contribution is -0.121. The number of hydrogen-bond donors (Lipinski definition) is 0. The van der Waals surface area contributed by atoms with Gasteiger partial charge >= 0.3 is 0 Å². The number of pyridine rings is 1. The Labute approximate surface area is 208 Å². The van der Waals surface area contributed by atoms with E-state index in [9.17, 15) is 26.4 Å². The van der Waals surface area contributed by atoms with E-state index in [0.29, 0.717) is 18.1 Å². The Balaban J connectivity index is 1.54. The van der Waals surface area contributed by atoms with Crippen LogP contribution in [0.1, 0.15) is 18.4 Å². The quantitative estimate of drug-likeness (QED) is 0.365. The molecule has 4 aromatic rings. The van der Waals surface area contributed by atoms with Crippen LogP contribution in [-0.4, -0.2) is 41.2 Å². The number of sulfonamides is 1. The number of anilines is 1. The van der Waals surface area contributed by atoms with Crippen LogP contribution in [0.2, 0.25) is 0 Å². The van der Waals surface area contributed by atoms with Crippen LogP contribution in [0.5, 0.6) is 0 Å². The van der Waals surface area contributed by atoms with Crippen molar-refractivity contribution in [3.63, 3.8) is 0 Å². The summed E-state index contributed by atoms with van der Waals surface area (Å²) in [7, 11) is -4.09. The fraction of sp³-hybridized carbons (Fsp3) is 0.208. The molecular formula is C24H19F3N4O3S2. The highest BCUT2D eigenvalue weighted by molar-refractivity contribution is 7.89. The molecule has 1 saturated heterocycles. The monoisotopic (exact) mass is 532 g/mol. The van der Waals surface area contributed by atoms with Crippen molar-refractivity contribution in [2.24, 2.45) is 0 Å². The van der Waals surface area contributed by atoms with Crippen molar-refractivity contribution >= 4 is 42.6 Å². The first kappa shape index (κ1) is 24.3. The average molecular weight is 533 g/mol. The lowest BCUT2D eigenvalue weighted by atomic mass is 10.2. The van der Waals surface area contributed by atoms with Gasteiger partial charge in [-0.3, -0.25) is 14.7 Å².